The van der Waals surface area contributed by atoms with Crippen LogP contribution in [0, 0.1) is 17.0 Å². The summed E-state index contributed by atoms with van der Waals surface area (Å²) in [6, 6.07) is 2.27. The summed E-state index contributed by atoms with van der Waals surface area (Å²) >= 11 is 0. The van der Waals surface area contributed by atoms with E-state index in [1.54, 1.807) is 4.90 Å². The summed E-state index contributed by atoms with van der Waals surface area (Å²) < 4.78 is 75.6. The third-order valence-corrected chi connectivity index (χ3v) is 5.69. The number of carboxylic acids is 1. The molecular weight excluding hydrogens is 443 g/mol. The second-order valence-corrected chi connectivity index (χ2v) is 8.05. The van der Waals surface area contributed by atoms with Crippen LogP contribution in [0.25, 0.3) is 0 Å². The lowest BCUT2D eigenvalue weighted by Crippen LogP contribution is -2.49. The molecule has 0 radical (unpaired) electrons. The quantitative estimate of drug-likeness (QED) is 0.621. The average Bonchev–Trinajstić information content (AvgIpc) is 3.51. The second kappa shape index (κ2) is 9.08. The van der Waals surface area contributed by atoms with Gasteiger partial charge < -0.3 is 19.5 Å². The molecule has 1 N–H and O–H groups in total. The van der Waals surface area contributed by atoms with E-state index < -0.39 is 41.4 Å². The number of carboxylic acid groups (broad SMARTS) is 1. The first-order valence-corrected chi connectivity index (χ1v) is 10.0. The van der Waals surface area contributed by atoms with Crippen molar-refractivity contribution in [3.8, 4) is 5.75 Å². The van der Waals surface area contributed by atoms with Crippen molar-refractivity contribution in [1.82, 2.24) is 9.80 Å². The minimum Gasteiger partial charge on any atom is -0.489 e. The Kier molecular flexibility index (Phi) is 6.82. The van der Waals surface area contributed by atoms with E-state index in [0.717, 1.165) is 17.9 Å². The van der Waals surface area contributed by atoms with Crippen molar-refractivity contribution in [2.24, 2.45) is 5.41 Å². The van der Waals surface area contributed by atoms with Gasteiger partial charge in [0.25, 0.3) is 0 Å². The Hall–Kier alpha value is -2.63. The van der Waals surface area contributed by atoms with Crippen LogP contribution in [0.15, 0.2) is 12.1 Å². The molecule has 32 heavy (non-hydrogen) atoms. The van der Waals surface area contributed by atoms with Crippen LogP contribution in [0.3, 0.4) is 0 Å². The lowest BCUT2D eigenvalue weighted by molar-refractivity contribution is -0.200. The maximum absolute atomic E-state index is 14.4. The predicted octanol–water partition coefficient (Wildman–Crippen LogP) is 3.41. The van der Waals surface area contributed by atoms with Crippen LogP contribution >= 0.6 is 0 Å². The SMILES string of the molecule is CC(OC(=O)N1CCN(Cc2ccc(F)c(F)c2OCC2(C(=O)O)CC2)CC1)C(F)(F)F. The number of hydrogen-bond donors (Lipinski definition) is 1. The summed E-state index contributed by atoms with van der Waals surface area (Å²) in [6.45, 7) is 1.27. The highest BCUT2D eigenvalue weighted by molar-refractivity contribution is 5.78. The average molecular weight is 466 g/mol. The Morgan fingerprint density at radius 1 is 1.16 bits per heavy atom. The molecule has 3 rings (SSSR count). The van der Waals surface area contributed by atoms with E-state index >= 15 is 0 Å². The molecular formula is C20H23F5N2O5. The zero-order valence-electron chi connectivity index (χ0n) is 17.3. The molecule has 0 aromatic heterocycles. The number of hydrogen-bond acceptors (Lipinski definition) is 5. The number of piperazine rings is 1. The number of nitrogens with zero attached hydrogens (tertiary/aromatic N) is 2. The van der Waals surface area contributed by atoms with Crippen LogP contribution in [0.4, 0.5) is 26.7 Å². The van der Waals surface area contributed by atoms with Crippen LogP contribution < -0.4 is 4.74 Å². The number of carbonyl (C=O) groups is 2. The molecule has 1 aliphatic heterocycles. The molecule has 178 valence electrons. The lowest BCUT2D eigenvalue weighted by atomic mass is 10.1. The summed E-state index contributed by atoms with van der Waals surface area (Å²) in [7, 11) is 0. The molecule has 1 saturated heterocycles. The molecule has 0 spiro atoms. The van der Waals surface area contributed by atoms with Crippen molar-refractivity contribution in [2.75, 3.05) is 32.8 Å². The highest BCUT2D eigenvalue weighted by Crippen LogP contribution is 2.46. The van der Waals surface area contributed by atoms with E-state index in [-0.39, 0.29) is 45.1 Å². The number of halogens is 5. The highest BCUT2D eigenvalue weighted by atomic mass is 19.4. The van der Waals surface area contributed by atoms with E-state index in [1.165, 1.54) is 6.07 Å². The molecule has 1 aromatic rings. The van der Waals surface area contributed by atoms with Crippen molar-refractivity contribution >= 4 is 12.1 Å². The monoisotopic (exact) mass is 466 g/mol. The largest absolute Gasteiger partial charge is 0.489 e. The Bertz CT molecular complexity index is 867. The van der Waals surface area contributed by atoms with Gasteiger partial charge in [0.15, 0.2) is 17.7 Å². The van der Waals surface area contributed by atoms with E-state index in [1.807, 2.05) is 0 Å². The molecule has 1 aromatic carbocycles. The van der Waals surface area contributed by atoms with Crippen molar-refractivity contribution in [2.45, 2.75) is 38.6 Å². The van der Waals surface area contributed by atoms with E-state index in [2.05, 4.69) is 4.74 Å². The summed E-state index contributed by atoms with van der Waals surface area (Å²) in [5.41, 5.74) is -0.790. The topological polar surface area (TPSA) is 79.3 Å². The van der Waals surface area contributed by atoms with E-state index in [4.69, 9.17) is 4.74 Å². The number of alkyl halides is 3. The minimum absolute atomic E-state index is 0.0887. The first-order valence-electron chi connectivity index (χ1n) is 10.0. The van der Waals surface area contributed by atoms with Crippen molar-refractivity contribution in [3.05, 3.63) is 29.3 Å². The number of ether oxygens (including phenoxy) is 2. The van der Waals surface area contributed by atoms with Gasteiger partial charge in [-0.25, -0.2) is 9.18 Å². The van der Waals surface area contributed by atoms with Crippen molar-refractivity contribution in [3.63, 3.8) is 0 Å². The van der Waals surface area contributed by atoms with Crippen LogP contribution in [0.1, 0.15) is 25.3 Å². The third kappa shape index (κ3) is 5.40. The number of carbonyl (C=O) groups excluding carboxylic acids is 1. The molecule has 1 amide bonds. The molecule has 12 heteroatoms. The third-order valence-electron chi connectivity index (χ3n) is 5.69. The second-order valence-electron chi connectivity index (χ2n) is 8.05. The molecule has 2 fully saturated rings. The van der Waals surface area contributed by atoms with Crippen LogP contribution in [0.5, 0.6) is 5.75 Å². The highest BCUT2D eigenvalue weighted by Gasteiger charge is 2.51. The Labute approximate surface area is 180 Å². The van der Waals surface area contributed by atoms with Gasteiger partial charge in [-0.15, -0.1) is 0 Å². The standard InChI is InChI=1S/C20H23F5N2O5/c1-12(20(23,24)25)32-18(30)27-8-6-26(7-9-27)10-13-2-3-14(21)15(22)16(13)31-11-19(4-5-19)17(28)29/h2-3,12H,4-11H2,1H3,(H,28,29). The maximum Gasteiger partial charge on any atom is 0.425 e. The number of aliphatic carboxylic acids is 1. The van der Waals surface area contributed by atoms with Gasteiger partial charge in [0.2, 0.25) is 5.82 Å². The van der Waals surface area contributed by atoms with Gasteiger partial charge in [-0.05, 0) is 25.8 Å². The number of rotatable bonds is 7. The van der Waals surface area contributed by atoms with Gasteiger partial charge >= 0.3 is 18.2 Å². The van der Waals surface area contributed by atoms with Crippen LogP contribution in [-0.4, -0.2) is 72.0 Å². The molecule has 1 saturated carbocycles. The number of benzene rings is 1. The van der Waals surface area contributed by atoms with Gasteiger partial charge in [0.1, 0.15) is 12.0 Å². The predicted molar refractivity (Wildman–Crippen MR) is 100 cm³/mol. The first-order chi connectivity index (χ1) is 14.9. The smallest absolute Gasteiger partial charge is 0.425 e. The lowest BCUT2D eigenvalue weighted by Gasteiger charge is -2.35. The van der Waals surface area contributed by atoms with Gasteiger partial charge in [-0.3, -0.25) is 9.69 Å². The van der Waals surface area contributed by atoms with Gasteiger partial charge in [-0.1, -0.05) is 6.07 Å². The first kappa shape index (κ1) is 24.0. The normalized spacial score (nSPS) is 19.4. The van der Waals surface area contributed by atoms with Crippen molar-refractivity contribution < 1.29 is 46.1 Å². The van der Waals surface area contributed by atoms with Crippen molar-refractivity contribution in [1.29, 1.82) is 0 Å². The summed E-state index contributed by atoms with van der Waals surface area (Å²) in [4.78, 5) is 26.2. The molecule has 1 aliphatic carbocycles. The van der Waals surface area contributed by atoms with Crippen LogP contribution in [-0.2, 0) is 16.1 Å². The minimum atomic E-state index is -4.65. The molecule has 0 bridgehead atoms. The summed E-state index contributed by atoms with van der Waals surface area (Å²) in [5.74, 6) is -3.76. The molecule has 7 nitrogen and oxygen atoms in total. The molecule has 1 atom stereocenters. The zero-order chi connectivity index (χ0) is 23.7. The van der Waals surface area contributed by atoms with E-state index in [0.29, 0.717) is 18.4 Å². The Morgan fingerprint density at radius 2 is 1.78 bits per heavy atom. The van der Waals surface area contributed by atoms with Gasteiger partial charge in [0.05, 0.1) is 0 Å². The number of amides is 1. The summed E-state index contributed by atoms with van der Waals surface area (Å²) in [6.07, 6.45) is -7.18. The maximum atomic E-state index is 14.4. The van der Waals surface area contributed by atoms with Gasteiger partial charge in [0, 0.05) is 38.3 Å². The Balaban J connectivity index is 1.59. The fourth-order valence-electron chi connectivity index (χ4n) is 3.26. The molecule has 1 unspecified atom stereocenters. The Morgan fingerprint density at radius 3 is 2.31 bits per heavy atom. The van der Waals surface area contributed by atoms with Crippen LogP contribution in [0.2, 0.25) is 0 Å². The molecule has 2 aliphatic rings. The van der Waals surface area contributed by atoms with Gasteiger partial charge in [-0.2, -0.15) is 17.6 Å². The molecule has 1 heterocycles. The zero-order valence-corrected chi connectivity index (χ0v) is 17.3. The van der Waals surface area contributed by atoms with E-state index in [9.17, 15) is 36.6 Å². The fraction of sp³-hybridized carbons (Fsp3) is 0.600. The summed E-state index contributed by atoms with van der Waals surface area (Å²) in [5, 5.41) is 9.24. The fourth-order valence-corrected chi connectivity index (χ4v) is 3.26.